The second-order valence-electron chi connectivity index (χ2n) is 8.15. The molecule has 7 nitrogen and oxygen atoms in total. The summed E-state index contributed by atoms with van der Waals surface area (Å²) in [5.41, 5.74) is 1.67. The molecule has 0 radical (unpaired) electrons. The van der Waals surface area contributed by atoms with Crippen LogP contribution in [0, 0.1) is 6.92 Å². The molecule has 180 valence electrons. The van der Waals surface area contributed by atoms with Crippen LogP contribution in [0.2, 0.25) is 5.02 Å². The molecule has 0 unspecified atom stereocenters. The first-order valence-electron chi connectivity index (χ1n) is 10.7. The Bertz CT molecular complexity index is 1230. The predicted molar refractivity (Wildman–Crippen MR) is 119 cm³/mol. The Labute approximate surface area is 199 Å². The highest BCUT2D eigenvalue weighted by atomic mass is 35.5. The summed E-state index contributed by atoms with van der Waals surface area (Å²) in [6, 6.07) is 4.91. The summed E-state index contributed by atoms with van der Waals surface area (Å²) < 4.78 is 46.7. The van der Waals surface area contributed by atoms with E-state index in [0.717, 1.165) is 11.6 Å². The monoisotopic (exact) mass is 493 g/mol. The van der Waals surface area contributed by atoms with Crippen molar-refractivity contribution in [1.29, 1.82) is 0 Å². The van der Waals surface area contributed by atoms with Gasteiger partial charge in [-0.05, 0) is 38.5 Å². The molecule has 1 aromatic carbocycles. The minimum Gasteiger partial charge on any atom is -0.383 e. The molecule has 0 aliphatic carbocycles. The smallest absolute Gasteiger partial charge is 0.383 e. The molecule has 0 N–H and O–H groups in total. The number of ether oxygens (including phenoxy) is 1. The van der Waals surface area contributed by atoms with Crippen molar-refractivity contribution in [3.63, 3.8) is 0 Å². The molecule has 0 fully saturated rings. The summed E-state index contributed by atoms with van der Waals surface area (Å²) in [6.45, 7) is 4.83. The van der Waals surface area contributed by atoms with E-state index in [-0.39, 0.29) is 18.2 Å². The summed E-state index contributed by atoms with van der Waals surface area (Å²) in [4.78, 5) is 23.9. The average molecular weight is 494 g/mol. The van der Waals surface area contributed by atoms with Gasteiger partial charge in [-0.3, -0.25) is 9.48 Å². The molecule has 2 aromatic heterocycles. The van der Waals surface area contributed by atoms with Gasteiger partial charge in [0.1, 0.15) is 11.5 Å². The van der Waals surface area contributed by atoms with Crippen LogP contribution in [-0.4, -0.2) is 50.3 Å². The van der Waals surface area contributed by atoms with Crippen LogP contribution in [0.3, 0.4) is 0 Å². The number of alkyl halides is 3. The van der Waals surface area contributed by atoms with Gasteiger partial charge >= 0.3 is 6.18 Å². The second-order valence-corrected chi connectivity index (χ2v) is 8.53. The van der Waals surface area contributed by atoms with E-state index in [1.807, 2.05) is 19.2 Å². The number of benzene rings is 1. The largest absolute Gasteiger partial charge is 0.417 e. The topological polar surface area (TPSA) is 73.1 Å². The van der Waals surface area contributed by atoms with E-state index in [1.54, 1.807) is 18.7 Å². The van der Waals surface area contributed by atoms with E-state index in [0.29, 0.717) is 42.5 Å². The quantitative estimate of drug-likeness (QED) is 0.521. The van der Waals surface area contributed by atoms with Gasteiger partial charge in [0.25, 0.3) is 5.91 Å². The zero-order chi connectivity index (χ0) is 24.6. The summed E-state index contributed by atoms with van der Waals surface area (Å²) in [7, 11) is 1.62. The maximum Gasteiger partial charge on any atom is 0.417 e. The minimum absolute atomic E-state index is 0.128. The van der Waals surface area contributed by atoms with Crippen molar-refractivity contribution >= 4 is 17.5 Å². The van der Waals surface area contributed by atoms with Gasteiger partial charge in [0, 0.05) is 24.9 Å². The Morgan fingerprint density at radius 2 is 2.03 bits per heavy atom. The number of hydrogen-bond donors (Lipinski definition) is 0. The molecule has 0 bridgehead atoms. The third kappa shape index (κ3) is 4.65. The maximum atomic E-state index is 13.3. The number of nitrogens with zero attached hydrogens (tertiary/aromatic N) is 5. The lowest BCUT2D eigenvalue weighted by atomic mass is 9.95. The number of methoxy groups -OCH3 is 1. The van der Waals surface area contributed by atoms with Gasteiger partial charge in [0.15, 0.2) is 0 Å². The maximum absolute atomic E-state index is 13.3. The van der Waals surface area contributed by atoms with E-state index in [9.17, 15) is 18.0 Å². The molecular weight excluding hydrogens is 471 g/mol. The summed E-state index contributed by atoms with van der Waals surface area (Å²) in [5, 5.41) is 3.98. The Balaban J connectivity index is 1.67. The Morgan fingerprint density at radius 3 is 2.74 bits per heavy atom. The van der Waals surface area contributed by atoms with Gasteiger partial charge in [-0.25, -0.2) is 9.97 Å². The number of hydrogen-bond acceptors (Lipinski definition) is 5. The normalized spacial score (nSPS) is 16.0. The molecule has 0 saturated heterocycles. The van der Waals surface area contributed by atoms with Crippen molar-refractivity contribution in [2.75, 3.05) is 13.7 Å². The van der Waals surface area contributed by atoms with Gasteiger partial charge in [-0.1, -0.05) is 17.7 Å². The number of carbonyl (C=O) groups excluding carboxylic acids is 1. The van der Waals surface area contributed by atoms with Gasteiger partial charge in [-0.15, -0.1) is 0 Å². The highest BCUT2D eigenvalue weighted by molar-refractivity contribution is 6.34. The highest BCUT2D eigenvalue weighted by Crippen LogP contribution is 2.37. The van der Waals surface area contributed by atoms with Crippen LogP contribution in [0.25, 0.3) is 11.4 Å². The van der Waals surface area contributed by atoms with Crippen LogP contribution in [0.5, 0.6) is 0 Å². The Hall–Kier alpha value is -2.98. The zero-order valence-electron chi connectivity index (χ0n) is 18.9. The fourth-order valence-electron chi connectivity index (χ4n) is 4.07. The number of carbonyl (C=O) groups is 1. The summed E-state index contributed by atoms with van der Waals surface area (Å²) in [6.07, 6.45) is -2.38. The van der Waals surface area contributed by atoms with Gasteiger partial charge in [0.2, 0.25) is 0 Å². The van der Waals surface area contributed by atoms with Crippen LogP contribution in [0.1, 0.15) is 39.9 Å². The number of rotatable bonds is 5. The molecule has 3 heterocycles. The van der Waals surface area contributed by atoms with Gasteiger partial charge < -0.3 is 9.64 Å². The Morgan fingerprint density at radius 1 is 1.26 bits per heavy atom. The van der Waals surface area contributed by atoms with E-state index >= 15 is 0 Å². The van der Waals surface area contributed by atoms with Crippen LogP contribution in [0.4, 0.5) is 13.2 Å². The van der Waals surface area contributed by atoms with Crippen LogP contribution >= 0.6 is 11.6 Å². The minimum atomic E-state index is -4.65. The number of aryl methyl sites for hydroxylation is 1. The van der Waals surface area contributed by atoms with E-state index in [1.165, 1.54) is 17.0 Å². The average Bonchev–Trinajstić information content (AvgIpc) is 3.25. The molecule has 0 spiro atoms. The highest BCUT2D eigenvalue weighted by Gasteiger charge is 2.37. The van der Waals surface area contributed by atoms with Gasteiger partial charge in [-0.2, -0.15) is 18.3 Å². The SMILES string of the molecule is COCCn1ccc(-c2nc(C)nc3c2C[C@@H](C)N(C(=O)c2cccc(C(F)(F)F)c2Cl)C3)n1. The molecule has 1 amide bonds. The lowest BCUT2D eigenvalue weighted by Crippen LogP contribution is -2.43. The number of fused-ring (bicyclic) bond motifs is 1. The number of halogens is 4. The van der Waals surface area contributed by atoms with Crippen LogP contribution in [-0.2, 0) is 30.4 Å². The molecule has 0 saturated carbocycles. The lowest BCUT2D eigenvalue weighted by Gasteiger charge is -2.35. The van der Waals surface area contributed by atoms with Crippen molar-refractivity contribution in [1.82, 2.24) is 24.6 Å². The van der Waals surface area contributed by atoms with Gasteiger partial charge in [0.05, 0.1) is 47.2 Å². The lowest BCUT2D eigenvalue weighted by molar-refractivity contribution is -0.137. The van der Waals surface area contributed by atoms with Crippen LogP contribution in [0.15, 0.2) is 30.5 Å². The molecular formula is C23H23ClF3N5O2. The van der Waals surface area contributed by atoms with Crippen LogP contribution < -0.4 is 0 Å². The summed E-state index contributed by atoms with van der Waals surface area (Å²) in [5.74, 6) is -0.0600. The first kappa shape index (κ1) is 24.2. The third-order valence-corrected chi connectivity index (χ3v) is 6.17. The predicted octanol–water partition coefficient (Wildman–Crippen LogP) is 4.55. The first-order valence-corrected chi connectivity index (χ1v) is 11.0. The molecule has 34 heavy (non-hydrogen) atoms. The molecule has 1 aliphatic rings. The molecule has 1 atom stereocenters. The zero-order valence-corrected chi connectivity index (χ0v) is 19.6. The fraction of sp³-hybridized carbons (Fsp3) is 0.391. The van der Waals surface area contributed by atoms with E-state index < -0.39 is 22.7 Å². The third-order valence-electron chi connectivity index (χ3n) is 5.76. The van der Waals surface area contributed by atoms with Crippen molar-refractivity contribution in [3.8, 4) is 11.4 Å². The van der Waals surface area contributed by atoms with E-state index in [4.69, 9.17) is 16.3 Å². The number of amides is 1. The second kappa shape index (κ2) is 9.34. The van der Waals surface area contributed by atoms with Crippen molar-refractivity contribution < 1.29 is 22.7 Å². The van der Waals surface area contributed by atoms with Crippen molar-refractivity contribution in [3.05, 3.63) is 63.7 Å². The van der Waals surface area contributed by atoms with E-state index in [2.05, 4.69) is 15.1 Å². The standard InChI is InChI=1S/C23H23ClF3N5O2/c1-13-11-16-19(28-14(2)29-21(16)18-7-8-31(30-18)9-10-34-3)12-32(13)22(33)15-5-4-6-17(20(15)24)23(25,26)27/h4-8,13H,9-12H2,1-3H3/t13-/m1/s1. The first-order chi connectivity index (χ1) is 16.1. The molecule has 1 aliphatic heterocycles. The molecule has 4 rings (SSSR count). The Kier molecular flexibility index (Phi) is 6.64. The molecule has 3 aromatic rings. The number of aromatic nitrogens is 4. The summed E-state index contributed by atoms with van der Waals surface area (Å²) >= 11 is 6.01. The van der Waals surface area contributed by atoms with Crippen molar-refractivity contribution in [2.24, 2.45) is 0 Å². The van der Waals surface area contributed by atoms with Crippen molar-refractivity contribution in [2.45, 2.75) is 45.6 Å². The fourth-order valence-corrected chi connectivity index (χ4v) is 4.39. The molecule has 11 heteroatoms.